The molecular formula is C13H18BrNO3. The van der Waals surface area contributed by atoms with Crippen molar-refractivity contribution in [2.75, 3.05) is 14.2 Å². The van der Waals surface area contributed by atoms with Gasteiger partial charge in [0.25, 0.3) is 0 Å². The summed E-state index contributed by atoms with van der Waals surface area (Å²) >= 11 is 3.51. The second-order valence-electron chi connectivity index (χ2n) is 4.20. The molecule has 0 aliphatic heterocycles. The molecule has 0 aliphatic carbocycles. The molecule has 4 nitrogen and oxygen atoms in total. The standard InChI is InChI=1S/C13H18BrNO3/c1-6-7(2)12(18-5)9(8(3)10(6)14)11(15-4)13(16)17/h11,15H,1-5H3,(H,16,17). The first kappa shape index (κ1) is 15.0. The monoisotopic (exact) mass is 315 g/mol. The Morgan fingerprint density at radius 3 is 2.22 bits per heavy atom. The number of ether oxygens (including phenoxy) is 1. The molecule has 0 aromatic heterocycles. The molecule has 1 unspecified atom stereocenters. The fourth-order valence-electron chi connectivity index (χ4n) is 2.11. The quantitative estimate of drug-likeness (QED) is 0.897. The van der Waals surface area contributed by atoms with E-state index >= 15 is 0 Å². The third-order valence-electron chi connectivity index (χ3n) is 3.24. The van der Waals surface area contributed by atoms with E-state index in [1.807, 2.05) is 20.8 Å². The van der Waals surface area contributed by atoms with Crippen molar-refractivity contribution in [3.8, 4) is 5.75 Å². The van der Waals surface area contributed by atoms with Crippen LogP contribution in [-0.2, 0) is 4.79 Å². The number of likely N-dealkylation sites (N-methyl/N-ethyl adjacent to an activating group) is 1. The maximum Gasteiger partial charge on any atom is 0.325 e. The van der Waals surface area contributed by atoms with Gasteiger partial charge in [-0.3, -0.25) is 4.79 Å². The molecule has 0 aliphatic rings. The van der Waals surface area contributed by atoms with E-state index in [1.165, 1.54) is 0 Å². The lowest BCUT2D eigenvalue weighted by molar-refractivity contribution is -0.139. The van der Waals surface area contributed by atoms with Gasteiger partial charge in [-0.15, -0.1) is 0 Å². The average Bonchev–Trinajstić information content (AvgIpc) is 2.33. The molecule has 0 saturated heterocycles. The topological polar surface area (TPSA) is 58.6 Å². The SMILES string of the molecule is CNC(C(=O)O)c1c(C)c(Br)c(C)c(C)c1OC. The molecule has 1 aromatic carbocycles. The van der Waals surface area contributed by atoms with Gasteiger partial charge in [0.05, 0.1) is 7.11 Å². The fourth-order valence-corrected chi connectivity index (χ4v) is 2.62. The van der Waals surface area contributed by atoms with Crippen molar-refractivity contribution in [3.05, 3.63) is 26.7 Å². The van der Waals surface area contributed by atoms with Crippen molar-refractivity contribution in [2.45, 2.75) is 26.8 Å². The second-order valence-corrected chi connectivity index (χ2v) is 4.99. The van der Waals surface area contributed by atoms with Crippen molar-refractivity contribution < 1.29 is 14.6 Å². The highest BCUT2D eigenvalue weighted by Gasteiger charge is 2.27. The van der Waals surface area contributed by atoms with E-state index in [0.29, 0.717) is 11.3 Å². The van der Waals surface area contributed by atoms with E-state index in [2.05, 4.69) is 21.2 Å². The van der Waals surface area contributed by atoms with Gasteiger partial charge >= 0.3 is 5.97 Å². The molecule has 0 bridgehead atoms. The Morgan fingerprint density at radius 2 is 1.83 bits per heavy atom. The van der Waals surface area contributed by atoms with Gasteiger partial charge in [0.1, 0.15) is 11.8 Å². The van der Waals surface area contributed by atoms with E-state index in [9.17, 15) is 9.90 Å². The highest BCUT2D eigenvalue weighted by Crippen LogP contribution is 2.39. The summed E-state index contributed by atoms with van der Waals surface area (Å²) in [5, 5.41) is 12.1. The van der Waals surface area contributed by atoms with E-state index in [0.717, 1.165) is 21.2 Å². The van der Waals surface area contributed by atoms with Gasteiger partial charge in [0, 0.05) is 10.0 Å². The summed E-state index contributed by atoms with van der Waals surface area (Å²) in [5.41, 5.74) is 3.57. The predicted octanol–water partition coefficient (Wildman–Crippen LogP) is 2.73. The zero-order valence-corrected chi connectivity index (χ0v) is 12.8. The summed E-state index contributed by atoms with van der Waals surface area (Å²) in [4.78, 5) is 11.3. The van der Waals surface area contributed by atoms with Gasteiger partial charge in [0.2, 0.25) is 0 Å². The first-order valence-electron chi connectivity index (χ1n) is 5.60. The number of carbonyl (C=O) groups is 1. The number of aliphatic carboxylic acids is 1. The lowest BCUT2D eigenvalue weighted by Crippen LogP contribution is -2.27. The summed E-state index contributed by atoms with van der Waals surface area (Å²) in [6, 6.07) is -0.782. The number of benzene rings is 1. The number of carboxylic acids is 1. The Labute approximate surface area is 115 Å². The lowest BCUT2D eigenvalue weighted by atomic mass is 9.94. The van der Waals surface area contributed by atoms with Gasteiger partial charge in [-0.1, -0.05) is 15.9 Å². The minimum absolute atomic E-state index is 0.634. The molecule has 5 heteroatoms. The summed E-state index contributed by atoms with van der Waals surface area (Å²) in [6.07, 6.45) is 0. The van der Waals surface area contributed by atoms with Crippen molar-refractivity contribution in [3.63, 3.8) is 0 Å². The van der Waals surface area contributed by atoms with Crippen LogP contribution in [-0.4, -0.2) is 25.2 Å². The Hall–Kier alpha value is -1.07. The van der Waals surface area contributed by atoms with Crippen LogP contribution in [0.15, 0.2) is 4.47 Å². The highest BCUT2D eigenvalue weighted by molar-refractivity contribution is 9.10. The predicted molar refractivity (Wildman–Crippen MR) is 74.3 cm³/mol. The van der Waals surface area contributed by atoms with Crippen molar-refractivity contribution >= 4 is 21.9 Å². The van der Waals surface area contributed by atoms with Crippen LogP contribution >= 0.6 is 15.9 Å². The molecule has 2 N–H and O–H groups in total. The second kappa shape index (κ2) is 5.71. The molecule has 0 saturated carbocycles. The van der Waals surface area contributed by atoms with E-state index < -0.39 is 12.0 Å². The van der Waals surface area contributed by atoms with Crippen LogP contribution in [0.4, 0.5) is 0 Å². The Kier molecular flexibility index (Phi) is 4.76. The summed E-state index contributed by atoms with van der Waals surface area (Å²) in [5.74, 6) is -0.288. The maximum atomic E-state index is 11.3. The van der Waals surface area contributed by atoms with Gasteiger partial charge < -0.3 is 15.2 Å². The number of carboxylic acid groups (broad SMARTS) is 1. The van der Waals surface area contributed by atoms with Gasteiger partial charge in [-0.05, 0) is 44.5 Å². The molecule has 0 amide bonds. The molecular weight excluding hydrogens is 298 g/mol. The Bertz CT molecular complexity index is 486. The Morgan fingerprint density at radius 1 is 1.28 bits per heavy atom. The first-order chi connectivity index (χ1) is 8.36. The van der Waals surface area contributed by atoms with E-state index in [1.54, 1.807) is 14.2 Å². The van der Waals surface area contributed by atoms with Crippen molar-refractivity contribution in [2.24, 2.45) is 0 Å². The van der Waals surface area contributed by atoms with Gasteiger partial charge in [-0.2, -0.15) is 0 Å². The smallest absolute Gasteiger partial charge is 0.325 e. The maximum absolute atomic E-state index is 11.3. The van der Waals surface area contributed by atoms with Crippen LogP contribution in [0.5, 0.6) is 5.75 Å². The van der Waals surface area contributed by atoms with Gasteiger partial charge in [-0.25, -0.2) is 0 Å². The number of rotatable bonds is 4. The summed E-state index contributed by atoms with van der Waals surface area (Å²) in [7, 11) is 3.19. The normalized spacial score (nSPS) is 12.3. The number of hydrogen-bond donors (Lipinski definition) is 2. The summed E-state index contributed by atoms with van der Waals surface area (Å²) < 4.78 is 6.33. The largest absolute Gasteiger partial charge is 0.496 e. The fraction of sp³-hybridized carbons (Fsp3) is 0.462. The summed E-state index contributed by atoms with van der Waals surface area (Å²) in [6.45, 7) is 5.80. The zero-order valence-electron chi connectivity index (χ0n) is 11.2. The number of nitrogens with one attached hydrogen (secondary N) is 1. The van der Waals surface area contributed by atoms with Crippen molar-refractivity contribution in [1.29, 1.82) is 0 Å². The molecule has 1 aromatic rings. The minimum Gasteiger partial charge on any atom is -0.496 e. The van der Waals surface area contributed by atoms with Crippen LogP contribution in [0.2, 0.25) is 0 Å². The molecule has 100 valence electrons. The molecule has 0 fully saturated rings. The molecule has 0 radical (unpaired) electrons. The molecule has 0 spiro atoms. The molecule has 1 rings (SSSR count). The minimum atomic E-state index is -0.922. The third kappa shape index (κ3) is 2.37. The number of methoxy groups -OCH3 is 1. The van der Waals surface area contributed by atoms with E-state index in [-0.39, 0.29) is 0 Å². The molecule has 18 heavy (non-hydrogen) atoms. The third-order valence-corrected chi connectivity index (χ3v) is 4.43. The zero-order chi connectivity index (χ0) is 14.0. The Balaban J connectivity index is 3.65. The number of hydrogen-bond acceptors (Lipinski definition) is 3. The van der Waals surface area contributed by atoms with Crippen LogP contribution in [0, 0.1) is 20.8 Å². The van der Waals surface area contributed by atoms with Crippen LogP contribution in [0.3, 0.4) is 0 Å². The number of halogens is 1. The van der Waals surface area contributed by atoms with Gasteiger partial charge in [0.15, 0.2) is 0 Å². The van der Waals surface area contributed by atoms with Crippen LogP contribution in [0.1, 0.15) is 28.3 Å². The average molecular weight is 316 g/mol. The lowest BCUT2D eigenvalue weighted by Gasteiger charge is -2.22. The first-order valence-corrected chi connectivity index (χ1v) is 6.39. The van der Waals surface area contributed by atoms with Crippen LogP contribution in [0.25, 0.3) is 0 Å². The van der Waals surface area contributed by atoms with Crippen molar-refractivity contribution in [1.82, 2.24) is 5.32 Å². The van der Waals surface area contributed by atoms with E-state index in [4.69, 9.17) is 4.74 Å². The molecule has 0 heterocycles. The highest BCUT2D eigenvalue weighted by atomic mass is 79.9. The molecule has 1 atom stereocenters. The van der Waals surface area contributed by atoms with Crippen LogP contribution < -0.4 is 10.1 Å².